The van der Waals surface area contributed by atoms with Crippen LogP contribution in [-0.2, 0) is 9.59 Å². The Balaban J connectivity index is 0.00000242. The highest BCUT2D eigenvalue weighted by atomic mass is 35.5. The highest BCUT2D eigenvalue weighted by Crippen LogP contribution is 2.13. The Bertz CT molecular complexity index is 490. The fourth-order valence-electron chi connectivity index (χ4n) is 2.30. The van der Waals surface area contributed by atoms with Crippen LogP contribution in [0.5, 0.6) is 0 Å². The highest BCUT2D eigenvalue weighted by molar-refractivity contribution is 5.94. The van der Waals surface area contributed by atoms with Gasteiger partial charge < -0.3 is 16.0 Å². The van der Waals surface area contributed by atoms with Gasteiger partial charge in [-0.25, -0.2) is 4.39 Å². The van der Waals surface area contributed by atoms with E-state index in [2.05, 4.69) is 16.0 Å². The maximum atomic E-state index is 12.7. The van der Waals surface area contributed by atoms with E-state index in [0.29, 0.717) is 18.0 Å². The minimum absolute atomic E-state index is 0. The smallest absolute Gasteiger partial charge is 0.243 e. The van der Waals surface area contributed by atoms with Gasteiger partial charge in [-0.1, -0.05) is 0 Å². The van der Waals surface area contributed by atoms with E-state index >= 15 is 0 Å². The van der Waals surface area contributed by atoms with Crippen LogP contribution < -0.4 is 16.0 Å². The summed E-state index contributed by atoms with van der Waals surface area (Å²) >= 11 is 0. The number of hydrogen-bond donors (Lipinski definition) is 3. The Morgan fingerprint density at radius 3 is 2.59 bits per heavy atom. The van der Waals surface area contributed by atoms with Crippen molar-refractivity contribution in [2.24, 2.45) is 5.92 Å². The molecule has 1 atom stereocenters. The summed E-state index contributed by atoms with van der Waals surface area (Å²) in [5, 5.41) is 8.44. The van der Waals surface area contributed by atoms with Crippen molar-refractivity contribution in [3.63, 3.8) is 0 Å². The molecule has 1 aromatic rings. The first-order chi connectivity index (χ1) is 10.1. The van der Waals surface area contributed by atoms with Crippen molar-refractivity contribution in [3.8, 4) is 0 Å². The third kappa shape index (κ3) is 6.41. The van der Waals surface area contributed by atoms with E-state index in [1.165, 1.54) is 24.3 Å². The van der Waals surface area contributed by atoms with E-state index in [1.807, 2.05) is 0 Å². The van der Waals surface area contributed by atoms with Crippen LogP contribution in [-0.4, -0.2) is 31.4 Å². The number of carbonyl (C=O) groups excluding carboxylic acids is 2. The van der Waals surface area contributed by atoms with Crippen molar-refractivity contribution in [1.29, 1.82) is 0 Å². The maximum absolute atomic E-state index is 12.7. The summed E-state index contributed by atoms with van der Waals surface area (Å²) in [4.78, 5) is 23.3. The summed E-state index contributed by atoms with van der Waals surface area (Å²) in [5.41, 5.74) is 0.507. The SMILES string of the molecule is Cl.O=C(CCC1CCNC1)NCC(=O)Nc1ccc(F)cc1. The summed E-state index contributed by atoms with van der Waals surface area (Å²) in [7, 11) is 0. The van der Waals surface area contributed by atoms with Gasteiger partial charge in [0.05, 0.1) is 6.54 Å². The monoisotopic (exact) mass is 329 g/mol. The molecule has 5 nitrogen and oxygen atoms in total. The van der Waals surface area contributed by atoms with Crippen molar-refractivity contribution < 1.29 is 14.0 Å². The second-order valence-corrected chi connectivity index (χ2v) is 5.23. The number of amides is 2. The molecule has 2 rings (SSSR count). The molecule has 3 N–H and O–H groups in total. The molecule has 22 heavy (non-hydrogen) atoms. The van der Waals surface area contributed by atoms with Gasteiger partial charge in [0.25, 0.3) is 0 Å². The predicted octanol–water partition coefficient (Wildman–Crippen LogP) is 1.69. The van der Waals surface area contributed by atoms with Crippen LogP contribution in [0.3, 0.4) is 0 Å². The number of nitrogens with one attached hydrogen (secondary N) is 3. The van der Waals surface area contributed by atoms with Gasteiger partial charge in [0, 0.05) is 12.1 Å². The Morgan fingerprint density at radius 2 is 1.95 bits per heavy atom. The number of benzene rings is 1. The minimum Gasteiger partial charge on any atom is -0.347 e. The van der Waals surface area contributed by atoms with Crippen molar-refractivity contribution in [2.75, 3.05) is 25.0 Å². The molecule has 1 aliphatic heterocycles. The molecule has 0 spiro atoms. The van der Waals surface area contributed by atoms with Crippen LogP contribution in [0.1, 0.15) is 19.3 Å². The van der Waals surface area contributed by atoms with E-state index in [4.69, 9.17) is 0 Å². The molecule has 7 heteroatoms. The molecular weight excluding hydrogens is 309 g/mol. The highest BCUT2D eigenvalue weighted by Gasteiger charge is 2.15. The molecule has 122 valence electrons. The summed E-state index contributed by atoms with van der Waals surface area (Å²) in [6, 6.07) is 5.48. The maximum Gasteiger partial charge on any atom is 0.243 e. The number of anilines is 1. The standard InChI is InChI=1S/C15H20FN3O2.ClH/c16-12-2-4-13(5-3-12)19-15(21)10-18-14(20)6-1-11-7-8-17-9-11;/h2-5,11,17H,1,6-10H2,(H,18,20)(H,19,21);1H. The van der Waals surface area contributed by atoms with Gasteiger partial charge in [0.15, 0.2) is 0 Å². The molecule has 0 aliphatic carbocycles. The first kappa shape index (κ1) is 18.4. The molecule has 0 bridgehead atoms. The van der Waals surface area contributed by atoms with Crippen molar-refractivity contribution in [2.45, 2.75) is 19.3 Å². The molecule has 1 aliphatic rings. The van der Waals surface area contributed by atoms with Crippen molar-refractivity contribution >= 4 is 29.9 Å². The Kier molecular flexibility index (Phi) is 7.84. The average Bonchev–Trinajstić information content (AvgIpc) is 2.99. The normalized spacial score (nSPS) is 16.7. The minimum atomic E-state index is -0.359. The van der Waals surface area contributed by atoms with Crippen LogP contribution in [0.15, 0.2) is 24.3 Å². The van der Waals surface area contributed by atoms with E-state index < -0.39 is 0 Å². The summed E-state index contributed by atoms with van der Waals surface area (Å²) < 4.78 is 12.7. The first-order valence-electron chi connectivity index (χ1n) is 7.16. The van der Waals surface area contributed by atoms with Gasteiger partial charge in [0.1, 0.15) is 5.82 Å². The van der Waals surface area contributed by atoms with Gasteiger partial charge in [-0.15, -0.1) is 12.4 Å². The predicted molar refractivity (Wildman–Crippen MR) is 85.5 cm³/mol. The van der Waals surface area contributed by atoms with Crippen LogP contribution in [0.25, 0.3) is 0 Å². The lowest BCUT2D eigenvalue weighted by atomic mass is 10.0. The van der Waals surface area contributed by atoms with Gasteiger partial charge in [-0.2, -0.15) is 0 Å². The molecule has 1 unspecified atom stereocenters. The van der Waals surface area contributed by atoms with Gasteiger partial charge in [-0.05, 0) is 56.1 Å². The molecule has 1 heterocycles. The molecule has 1 saturated heterocycles. The zero-order valence-electron chi connectivity index (χ0n) is 12.2. The number of carbonyl (C=O) groups is 2. The van der Waals surface area contributed by atoms with Gasteiger partial charge >= 0.3 is 0 Å². The second-order valence-electron chi connectivity index (χ2n) is 5.23. The lowest BCUT2D eigenvalue weighted by Crippen LogP contribution is -2.33. The molecule has 1 fully saturated rings. The lowest BCUT2D eigenvalue weighted by molar-refractivity contribution is -0.124. The second kappa shape index (κ2) is 9.38. The molecule has 0 saturated carbocycles. The zero-order chi connectivity index (χ0) is 15.1. The number of halogens is 2. The third-order valence-electron chi connectivity index (χ3n) is 3.52. The average molecular weight is 330 g/mol. The fraction of sp³-hybridized carbons (Fsp3) is 0.467. The van der Waals surface area contributed by atoms with Crippen molar-refractivity contribution in [1.82, 2.24) is 10.6 Å². The van der Waals surface area contributed by atoms with Gasteiger partial charge in [-0.3, -0.25) is 9.59 Å². The van der Waals surface area contributed by atoms with E-state index in [9.17, 15) is 14.0 Å². The molecule has 1 aromatic carbocycles. The molecule has 0 aromatic heterocycles. The Hall–Kier alpha value is -1.66. The lowest BCUT2D eigenvalue weighted by Gasteiger charge is -2.09. The molecular formula is C15H21ClFN3O2. The Labute approximate surface area is 135 Å². The largest absolute Gasteiger partial charge is 0.347 e. The van der Waals surface area contributed by atoms with Gasteiger partial charge in [0.2, 0.25) is 11.8 Å². The van der Waals surface area contributed by atoms with Crippen LogP contribution in [0.2, 0.25) is 0 Å². The summed E-state index contributed by atoms with van der Waals surface area (Å²) in [6.07, 6.45) is 2.40. The van der Waals surface area contributed by atoms with Crippen LogP contribution in [0, 0.1) is 11.7 Å². The number of hydrogen-bond acceptors (Lipinski definition) is 3. The first-order valence-corrected chi connectivity index (χ1v) is 7.16. The van der Waals surface area contributed by atoms with E-state index in [-0.39, 0.29) is 36.6 Å². The molecule has 0 radical (unpaired) electrons. The van der Waals surface area contributed by atoms with Crippen LogP contribution >= 0.6 is 12.4 Å². The fourth-order valence-corrected chi connectivity index (χ4v) is 2.30. The molecule has 2 amide bonds. The van der Waals surface area contributed by atoms with E-state index in [1.54, 1.807) is 0 Å². The summed E-state index contributed by atoms with van der Waals surface area (Å²) in [6.45, 7) is 1.92. The summed E-state index contributed by atoms with van der Waals surface area (Å²) in [5.74, 6) is -0.236. The van der Waals surface area contributed by atoms with Crippen LogP contribution in [0.4, 0.5) is 10.1 Å². The van der Waals surface area contributed by atoms with E-state index in [0.717, 1.165) is 25.9 Å². The Morgan fingerprint density at radius 1 is 1.23 bits per heavy atom. The third-order valence-corrected chi connectivity index (χ3v) is 3.52. The quantitative estimate of drug-likeness (QED) is 0.744. The zero-order valence-corrected chi connectivity index (χ0v) is 13.0. The number of rotatable bonds is 6. The van der Waals surface area contributed by atoms with Crippen molar-refractivity contribution in [3.05, 3.63) is 30.1 Å². The topological polar surface area (TPSA) is 70.2 Å².